The Morgan fingerprint density at radius 2 is 2.04 bits per heavy atom. The minimum absolute atomic E-state index is 0. The van der Waals surface area contributed by atoms with E-state index < -0.39 is 5.91 Å². The van der Waals surface area contributed by atoms with Crippen LogP contribution in [-0.4, -0.2) is 38.1 Å². The third kappa shape index (κ3) is 6.88. The molecule has 1 aliphatic heterocycles. The summed E-state index contributed by atoms with van der Waals surface area (Å²) in [6.07, 6.45) is 2.54. The number of nitrogens with one attached hydrogen (secondary N) is 2. The van der Waals surface area contributed by atoms with Crippen molar-refractivity contribution >= 4 is 24.2 Å². The lowest BCUT2D eigenvalue weighted by Gasteiger charge is -2.10. The second kappa shape index (κ2) is 10.1. The predicted octanol–water partition coefficient (Wildman–Crippen LogP) is 1.09. The highest BCUT2D eigenvalue weighted by atomic mass is 35.5. The first-order valence-electron chi connectivity index (χ1n) is 7.65. The van der Waals surface area contributed by atoms with Crippen LogP contribution in [0.1, 0.15) is 29.6 Å². The number of ether oxygens (including phenoxy) is 1. The van der Waals surface area contributed by atoms with E-state index in [4.69, 9.17) is 10.5 Å². The Kier molecular flexibility index (Phi) is 8.43. The highest BCUT2D eigenvalue weighted by Gasteiger charge is 2.14. The molecule has 2 rings (SSSR count). The summed E-state index contributed by atoms with van der Waals surface area (Å²) < 4.78 is 5.47. The van der Waals surface area contributed by atoms with E-state index in [0.29, 0.717) is 30.3 Å². The number of benzene rings is 1. The van der Waals surface area contributed by atoms with Crippen LogP contribution in [0.3, 0.4) is 0 Å². The first-order chi connectivity index (χ1) is 10.6. The molecular weight excluding hydrogens is 318 g/mol. The van der Waals surface area contributed by atoms with Crippen LogP contribution in [0.2, 0.25) is 0 Å². The molecule has 0 radical (unpaired) electrons. The van der Waals surface area contributed by atoms with E-state index in [2.05, 4.69) is 10.6 Å². The fourth-order valence-corrected chi connectivity index (χ4v) is 2.44. The monoisotopic (exact) mass is 341 g/mol. The number of carbonyl (C=O) groups is 2. The molecule has 1 aromatic rings. The van der Waals surface area contributed by atoms with Gasteiger partial charge in [-0.15, -0.1) is 12.4 Å². The normalized spacial score (nSPS) is 16.4. The molecule has 1 aromatic carbocycles. The van der Waals surface area contributed by atoms with Gasteiger partial charge >= 0.3 is 0 Å². The summed E-state index contributed by atoms with van der Waals surface area (Å²) in [5.74, 6) is 0.832. The van der Waals surface area contributed by atoms with Crippen molar-refractivity contribution < 1.29 is 14.3 Å². The fraction of sp³-hybridized carbons (Fsp3) is 0.500. The Morgan fingerprint density at radius 3 is 2.65 bits per heavy atom. The molecule has 0 aliphatic carbocycles. The van der Waals surface area contributed by atoms with Gasteiger partial charge in [-0.05, 0) is 56.1 Å². The SMILES string of the molecule is Cl.NC(=O)c1ccc(OCCC(=O)NCCC2CCNC2)cc1. The van der Waals surface area contributed by atoms with Gasteiger partial charge in [-0.25, -0.2) is 0 Å². The van der Waals surface area contributed by atoms with Gasteiger partial charge in [-0.2, -0.15) is 0 Å². The number of primary amides is 1. The Morgan fingerprint density at radius 1 is 1.30 bits per heavy atom. The molecule has 1 fully saturated rings. The Labute approximate surface area is 142 Å². The average Bonchev–Trinajstić information content (AvgIpc) is 3.01. The number of rotatable bonds is 8. The largest absolute Gasteiger partial charge is 0.493 e. The molecular formula is C16H24ClN3O3. The number of carbonyl (C=O) groups excluding carboxylic acids is 2. The first-order valence-corrected chi connectivity index (χ1v) is 7.65. The second-order valence-corrected chi connectivity index (χ2v) is 5.48. The maximum absolute atomic E-state index is 11.7. The highest BCUT2D eigenvalue weighted by Crippen LogP contribution is 2.12. The van der Waals surface area contributed by atoms with Gasteiger partial charge in [-0.3, -0.25) is 9.59 Å². The van der Waals surface area contributed by atoms with Crippen molar-refractivity contribution in [1.29, 1.82) is 0 Å². The van der Waals surface area contributed by atoms with E-state index in [-0.39, 0.29) is 18.3 Å². The van der Waals surface area contributed by atoms with Crippen molar-refractivity contribution in [3.63, 3.8) is 0 Å². The van der Waals surface area contributed by atoms with Crippen molar-refractivity contribution in [1.82, 2.24) is 10.6 Å². The van der Waals surface area contributed by atoms with Gasteiger partial charge < -0.3 is 21.1 Å². The molecule has 1 saturated heterocycles. The van der Waals surface area contributed by atoms with Gasteiger partial charge in [0, 0.05) is 12.1 Å². The van der Waals surface area contributed by atoms with E-state index in [9.17, 15) is 9.59 Å². The lowest BCUT2D eigenvalue weighted by molar-refractivity contribution is -0.121. The van der Waals surface area contributed by atoms with E-state index in [1.807, 2.05) is 0 Å². The summed E-state index contributed by atoms with van der Waals surface area (Å²) in [7, 11) is 0. The molecule has 1 heterocycles. The van der Waals surface area contributed by atoms with Crippen LogP contribution in [0, 0.1) is 5.92 Å². The van der Waals surface area contributed by atoms with E-state index in [1.165, 1.54) is 6.42 Å². The molecule has 0 aromatic heterocycles. The summed E-state index contributed by atoms with van der Waals surface area (Å²) in [6.45, 7) is 3.17. The molecule has 0 spiro atoms. The van der Waals surface area contributed by atoms with Crippen molar-refractivity contribution in [2.24, 2.45) is 11.7 Å². The summed E-state index contributed by atoms with van der Waals surface area (Å²) >= 11 is 0. The Bertz CT molecular complexity index is 502. The molecule has 4 N–H and O–H groups in total. The van der Waals surface area contributed by atoms with Crippen LogP contribution in [0.4, 0.5) is 0 Å². The van der Waals surface area contributed by atoms with Gasteiger partial charge in [0.2, 0.25) is 11.8 Å². The first kappa shape index (κ1) is 19.3. The molecule has 0 bridgehead atoms. The van der Waals surface area contributed by atoms with Crippen molar-refractivity contribution in [3.8, 4) is 5.75 Å². The molecule has 0 saturated carbocycles. The zero-order valence-electron chi connectivity index (χ0n) is 13.0. The third-order valence-electron chi connectivity index (χ3n) is 3.77. The second-order valence-electron chi connectivity index (χ2n) is 5.48. The van der Waals surface area contributed by atoms with Crippen molar-refractivity contribution in [2.45, 2.75) is 19.3 Å². The molecule has 128 valence electrons. The summed E-state index contributed by atoms with van der Waals surface area (Å²) in [4.78, 5) is 22.6. The number of hydrogen-bond acceptors (Lipinski definition) is 4. The van der Waals surface area contributed by atoms with Gasteiger partial charge in [-0.1, -0.05) is 0 Å². The van der Waals surface area contributed by atoms with E-state index in [1.54, 1.807) is 24.3 Å². The number of hydrogen-bond donors (Lipinski definition) is 3. The maximum Gasteiger partial charge on any atom is 0.248 e. The predicted molar refractivity (Wildman–Crippen MR) is 90.9 cm³/mol. The topological polar surface area (TPSA) is 93.5 Å². The van der Waals surface area contributed by atoms with Gasteiger partial charge in [0.05, 0.1) is 13.0 Å². The molecule has 1 aliphatic rings. The van der Waals surface area contributed by atoms with Crippen LogP contribution >= 0.6 is 12.4 Å². The summed E-state index contributed by atoms with van der Waals surface area (Å²) in [6, 6.07) is 6.55. The van der Waals surface area contributed by atoms with Crippen LogP contribution in [-0.2, 0) is 4.79 Å². The number of nitrogens with two attached hydrogens (primary N) is 1. The standard InChI is InChI=1S/C16H23N3O3.ClH/c17-16(21)13-1-3-14(4-2-13)22-10-7-15(20)19-9-6-12-5-8-18-11-12;/h1-4,12,18H,5-11H2,(H2,17,21)(H,19,20);1H. The van der Waals surface area contributed by atoms with Crippen molar-refractivity contribution in [2.75, 3.05) is 26.2 Å². The molecule has 7 heteroatoms. The number of amides is 2. The molecule has 6 nitrogen and oxygen atoms in total. The minimum Gasteiger partial charge on any atom is -0.493 e. The van der Waals surface area contributed by atoms with Gasteiger partial charge in [0.1, 0.15) is 5.75 Å². The molecule has 1 atom stereocenters. The quantitative estimate of drug-likeness (QED) is 0.660. The molecule has 2 amide bonds. The highest BCUT2D eigenvalue weighted by molar-refractivity contribution is 5.92. The smallest absolute Gasteiger partial charge is 0.248 e. The van der Waals surface area contributed by atoms with Gasteiger partial charge in [0.25, 0.3) is 0 Å². The number of halogens is 1. The van der Waals surface area contributed by atoms with Gasteiger partial charge in [0.15, 0.2) is 0 Å². The van der Waals surface area contributed by atoms with Crippen LogP contribution in [0.25, 0.3) is 0 Å². The zero-order valence-corrected chi connectivity index (χ0v) is 13.9. The fourth-order valence-electron chi connectivity index (χ4n) is 2.44. The molecule has 1 unspecified atom stereocenters. The lowest BCUT2D eigenvalue weighted by atomic mass is 10.1. The van der Waals surface area contributed by atoms with Crippen LogP contribution < -0.4 is 21.1 Å². The maximum atomic E-state index is 11.7. The average molecular weight is 342 g/mol. The third-order valence-corrected chi connectivity index (χ3v) is 3.77. The van der Waals surface area contributed by atoms with E-state index in [0.717, 1.165) is 26.1 Å². The van der Waals surface area contributed by atoms with E-state index >= 15 is 0 Å². The lowest BCUT2D eigenvalue weighted by Crippen LogP contribution is -2.27. The minimum atomic E-state index is -0.469. The summed E-state index contributed by atoms with van der Waals surface area (Å²) in [5.41, 5.74) is 5.60. The molecule has 23 heavy (non-hydrogen) atoms. The van der Waals surface area contributed by atoms with Crippen LogP contribution in [0.5, 0.6) is 5.75 Å². The Balaban J connectivity index is 0.00000264. The Hall–Kier alpha value is -1.79. The van der Waals surface area contributed by atoms with Crippen LogP contribution in [0.15, 0.2) is 24.3 Å². The van der Waals surface area contributed by atoms with Crippen molar-refractivity contribution in [3.05, 3.63) is 29.8 Å². The zero-order chi connectivity index (χ0) is 15.8. The summed E-state index contributed by atoms with van der Waals surface area (Å²) in [5, 5.41) is 6.22.